The number of aromatic nitrogens is 1. The molecule has 0 atom stereocenters. The smallest absolute Gasteiger partial charge is 0.236 e. The van der Waals surface area contributed by atoms with Gasteiger partial charge in [-0.05, 0) is 52.3 Å². The summed E-state index contributed by atoms with van der Waals surface area (Å²) in [6.45, 7) is 0. The fourth-order valence-corrected chi connectivity index (χ4v) is 4.70. The third-order valence-electron chi connectivity index (χ3n) is 2.76. The number of carbonyl (C=O) groups excluding carboxylic acids is 1. The molecule has 3 rings (SSSR count). The van der Waals surface area contributed by atoms with Gasteiger partial charge in [0.25, 0.3) is 0 Å². The van der Waals surface area contributed by atoms with E-state index in [1.165, 1.54) is 23.1 Å². The number of carbonyl (C=O) groups is 1. The molecule has 0 saturated heterocycles. The van der Waals surface area contributed by atoms with E-state index in [0.717, 1.165) is 19.3 Å². The maximum Gasteiger partial charge on any atom is 0.236 e. The predicted molar refractivity (Wildman–Crippen MR) is 104 cm³/mol. The van der Waals surface area contributed by atoms with E-state index in [-0.39, 0.29) is 5.91 Å². The zero-order valence-corrected chi connectivity index (χ0v) is 16.4. The standard InChI is InChI=1S/C15H10BrClN2OS3/c16-13-6-5-12(23-13)11-7-22-15(18-11)19-14(20)8-21-10-3-1-9(17)2-4-10/h1-7H,8H2,(H,18,19,20). The van der Waals surface area contributed by atoms with Crippen LogP contribution < -0.4 is 5.32 Å². The van der Waals surface area contributed by atoms with Gasteiger partial charge in [0.15, 0.2) is 5.13 Å². The molecule has 1 N–H and O–H groups in total. The van der Waals surface area contributed by atoms with Crippen molar-refractivity contribution in [2.45, 2.75) is 4.90 Å². The predicted octanol–water partition coefficient (Wildman–Crippen LogP) is 6.02. The first kappa shape index (κ1) is 17.0. The summed E-state index contributed by atoms with van der Waals surface area (Å²) in [5.74, 6) is 0.263. The van der Waals surface area contributed by atoms with E-state index in [4.69, 9.17) is 11.6 Å². The van der Waals surface area contributed by atoms with E-state index in [9.17, 15) is 4.79 Å². The van der Waals surface area contributed by atoms with E-state index in [0.29, 0.717) is 15.9 Å². The van der Waals surface area contributed by atoms with Crippen LogP contribution in [-0.4, -0.2) is 16.6 Å². The summed E-state index contributed by atoms with van der Waals surface area (Å²) in [7, 11) is 0. The second-order valence-electron chi connectivity index (χ2n) is 4.43. The quantitative estimate of drug-likeness (QED) is 0.488. The lowest BCUT2D eigenvalue weighted by Crippen LogP contribution is -2.13. The van der Waals surface area contributed by atoms with Gasteiger partial charge in [-0.15, -0.1) is 34.4 Å². The molecule has 0 aliphatic heterocycles. The number of thiazole rings is 1. The number of anilines is 1. The Kier molecular flexibility index (Phi) is 5.76. The van der Waals surface area contributed by atoms with Crippen molar-refractivity contribution < 1.29 is 4.79 Å². The first-order valence-electron chi connectivity index (χ1n) is 6.49. The molecule has 8 heteroatoms. The normalized spacial score (nSPS) is 10.7. The van der Waals surface area contributed by atoms with Crippen LogP contribution in [0.15, 0.2) is 50.5 Å². The minimum absolute atomic E-state index is 0.0711. The summed E-state index contributed by atoms with van der Waals surface area (Å²) in [5, 5.41) is 6.09. The minimum Gasteiger partial charge on any atom is -0.301 e. The first-order valence-corrected chi connectivity index (χ1v) is 10.3. The van der Waals surface area contributed by atoms with E-state index >= 15 is 0 Å². The van der Waals surface area contributed by atoms with Gasteiger partial charge in [-0.1, -0.05) is 11.6 Å². The van der Waals surface area contributed by atoms with Crippen LogP contribution in [0.5, 0.6) is 0 Å². The monoisotopic (exact) mass is 444 g/mol. The third kappa shape index (κ3) is 4.81. The van der Waals surface area contributed by atoms with Crippen molar-refractivity contribution in [2.24, 2.45) is 0 Å². The highest BCUT2D eigenvalue weighted by atomic mass is 79.9. The highest BCUT2D eigenvalue weighted by Crippen LogP contribution is 2.33. The number of hydrogen-bond donors (Lipinski definition) is 1. The molecular formula is C15H10BrClN2OS3. The third-order valence-corrected chi connectivity index (χ3v) is 6.43. The fraction of sp³-hybridized carbons (Fsp3) is 0.0667. The van der Waals surface area contributed by atoms with Crippen LogP contribution >= 0.6 is 62.0 Å². The molecule has 0 aliphatic rings. The maximum absolute atomic E-state index is 12.0. The van der Waals surface area contributed by atoms with Crippen molar-refractivity contribution in [3.8, 4) is 10.6 Å². The molecule has 2 heterocycles. The molecule has 3 aromatic rings. The highest BCUT2D eigenvalue weighted by Gasteiger charge is 2.10. The maximum atomic E-state index is 12.0. The molecular weight excluding hydrogens is 436 g/mol. The van der Waals surface area contributed by atoms with Crippen molar-refractivity contribution in [2.75, 3.05) is 11.1 Å². The summed E-state index contributed by atoms with van der Waals surface area (Å²) in [6.07, 6.45) is 0. The Hall–Kier alpha value is -0.860. The van der Waals surface area contributed by atoms with Crippen LogP contribution in [0, 0.1) is 0 Å². The summed E-state index contributed by atoms with van der Waals surface area (Å²) in [6, 6.07) is 11.4. The Labute approximate surface area is 159 Å². The lowest BCUT2D eigenvalue weighted by atomic mass is 10.4. The summed E-state index contributed by atoms with van der Waals surface area (Å²) < 4.78 is 1.06. The number of hydrogen-bond acceptors (Lipinski definition) is 5. The number of amides is 1. The van der Waals surface area contributed by atoms with Crippen LogP contribution in [0.3, 0.4) is 0 Å². The van der Waals surface area contributed by atoms with Crippen LogP contribution in [0.2, 0.25) is 5.02 Å². The number of thioether (sulfide) groups is 1. The van der Waals surface area contributed by atoms with Crippen LogP contribution in [0.25, 0.3) is 10.6 Å². The molecule has 0 aliphatic carbocycles. The molecule has 3 nitrogen and oxygen atoms in total. The van der Waals surface area contributed by atoms with Crippen LogP contribution in [0.1, 0.15) is 0 Å². The van der Waals surface area contributed by atoms with Crippen molar-refractivity contribution in [1.82, 2.24) is 4.98 Å². The molecule has 118 valence electrons. The molecule has 0 unspecified atom stereocenters. The van der Waals surface area contributed by atoms with Gasteiger partial charge < -0.3 is 5.32 Å². The van der Waals surface area contributed by atoms with Gasteiger partial charge in [0.05, 0.1) is 20.1 Å². The van der Waals surface area contributed by atoms with Gasteiger partial charge in [-0.3, -0.25) is 4.79 Å². The molecule has 0 radical (unpaired) electrons. The molecule has 1 amide bonds. The van der Waals surface area contributed by atoms with Crippen molar-refractivity contribution >= 4 is 73.0 Å². The minimum atomic E-state index is -0.0711. The second-order valence-corrected chi connectivity index (χ2v) is 9.24. The Bertz CT molecular complexity index is 816. The van der Waals surface area contributed by atoms with Gasteiger partial charge in [0, 0.05) is 15.3 Å². The Morgan fingerprint density at radius 3 is 2.74 bits per heavy atom. The molecule has 1 aromatic carbocycles. The number of rotatable bonds is 5. The number of nitrogens with zero attached hydrogens (tertiary/aromatic N) is 1. The fourth-order valence-electron chi connectivity index (χ4n) is 1.73. The van der Waals surface area contributed by atoms with E-state index in [1.54, 1.807) is 11.3 Å². The summed E-state index contributed by atoms with van der Waals surface area (Å²) in [4.78, 5) is 18.5. The SMILES string of the molecule is O=C(CSc1ccc(Cl)cc1)Nc1nc(-c2ccc(Br)s2)cs1. The van der Waals surface area contributed by atoms with Gasteiger partial charge >= 0.3 is 0 Å². The highest BCUT2D eigenvalue weighted by molar-refractivity contribution is 9.11. The van der Waals surface area contributed by atoms with Gasteiger partial charge in [-0.2, -0.15) is 0 Å². The Morgan fingerprint density at radius 1 is 1.26 bits per heavy atom. The number of thiophene rings is 1. The van der Waals surface area contributed by atoms with Gasteiger partial charge in [0.2, 0.25) is 5.91 Å². The summed E-state index contributed by atoms with van der Waals surface area (Å²) >= 11 is 13.8. The van der Waals surface area contributed by atoms with Gasteiger partial charge in [0.1, 0.15) is 0 Å². The van der Waals surface area contributed by atoms with E-state index < -0.39 is 0 Å². The number of nitrogens with one attached hydrogen (secondary N) is 1. The molecule has 0 spiro atoms. The molecule has 2 aromatic heterocycles. The first-order chi connectivity index (χ1) is 11.1. The molecule has 0 fully saturated rings. The zero-order valence-electron chi connectivity index (χ0n) is 11.6. The van der Waals surface area contributed by atoms with Crippen molar-refractivity contribution in [3.05, 3.63) is 50.6 Å². The van der Waals surface area contributed by atoms with E-state index in [2.05, 4.69) is 26.2 Å². The lowest BCUT2D eigenvalue weighted by molar-refractivity contribution is -0.113. The average molecular weight is 446 g/mol. The van der Waals surface area contributed by atoms with Gasteiger partial charge in [-0.25, -0.2) is 4.98 Å². The largest absolute Gasteiger partial charge is 0.301 e. The van der Waals surface area contributed by atoms with Crippen molar-refractivity contribution in [1.29, 1.82) is 0 Å². The van der Waals surface area contributed by atoms with Crippen molar-refractivity contribution in [3.63, 3.8) is 0 Å². The molecule has 0 bridgehead atoms. The summed E-state index contributed by atoms with van der Waals surface area (Å²) in [5.41, 5.74) is 0.881. The second kappa shape index (κ2) is 7.81. The molecule has 23 heavy (non-hydrogen) atoms. The van der Waals surface area contributed by atoms with E-state index in [1.807, 2.05) is 41.8 Å². The Balaban J connectivity index is 1.56. The van der Waals surface area contributed by atoms with Crippen LogP contribution in [0.4, 0.5) is 5.13 Å². The topological polar surface area (TPSA) is 42.0 Å². The average Bonchev–Trinajstić information content (AvgIpc) is 3.16. The van der Waals surface area contributed by atoms with Crippen LogP contribution in [-0.2, 0) is 4.79 Å². The molecule has 0 saturated carbocycles. The number of benzene rings is 1. The zero-order chi connectivity index (χ0) is 16.2. The lowest BCUT2D eigenvalue weighted by Gasteiger charge is -2.02. The Morgan fingerprint density at radius 2 is 2.04 bits per heavy atom. The number of halogens is 2.